The number of rotatable bonds is 11. The predicted octanol–water partition coefficient (Wildman–Crippen LogP) is 4.53. The fraction of sp³-hybridized carbons (Fsp3) is 0.625. The zero-order chi connectivity index (χ0) is 17.3. The molecule has 1 rings (SSSR count). The Morgan fingerprint density at radius 3 is 2.35 bits per heavy atom. The molecule has 2 N–H and O–H groups in total. The van der Waals surface area contributed by atoms with Crippen LogP contribution in [-0.4, -0.2) is 32.0 Å². The van der Waals surface area contributed by atoms with Gasteiger partial charge >= 0.3 is 0 Å². The van der Waals surface area contributed by atoms with Gasteiger partial charge in [-0.15, -0.1) is 0 Å². The number of aryl methyl sites for hydroxylation is 1. The first-order valence-electron chi connectivity index (χ1n) is 7.97. The Morgan fingerprint density at radius 1 is 1.17 bits per heavy atom. The third-order valence-corrected chi connectivity index (χ3v) is 6.20. The van der Waals surface area contributed by atoms with E-state index in [0.29, 0.717) is 43.1 Å². The highest BCUT2D eigenvalue weighted by Crippen LogP contribution is 2.53. The van der Waals surface area contributed by atoms with Gasteiger partial charge in [-0.05, 0) is 51.3 Å². The number of hydrogen-bond donors (Lipinski definition) is 1. The van der Waals surface area contributed by atoms with E-state index < -0.39 is 13.4 Å². The molecule has 0 fully saturated rings. The lowest BCUT2D eigenvalue weighted by molar-refractivity contribution is -0.0888. The summed E-state index contributed by atoms with van der Waals surface area (Å²) in [5.74, 6) is 0. The fourth-order valence-corrected chi connectivity index (χ4v) is 4.63. The summed E-state index contributed by atoms with van der Waals surface area (Å²) < 4.78 is 29.6. The van der Waals surface area contributed by atoms with Gasteiger partial charge in [0.05, 0.1) is 17.3 Å². The molecular weight excluding hydrogens is 337 g/mol. The molecule has 0 aliphatic heterocycles. The molecule has 7 heteroatoms. The Kier molecular flexibility index (Phi) is 9.18. The molecule has 0 aliphatic carbocycles. The first-order valence-corrected chi connectivity index (χ1v) is 10.2. The van der Waals surface area contributed by atoms with Crippen LogP contribution in [0, 0.1) is 0 Å². The lowest BCUT2D eigenvalue weighted by Crippen LogP contribution is -2.21. The molecule has 0 radical (unpaired) electrons. The number of anilines is 1. The van der Waals surface area contributed by atoms with E-state index in [0.717, 1.165) is 12.0 Å². The van der Waals surface area contributed by atoms with Crippen LogP contribution in [0.3, 0.4) is 0 Å². The van der Waals surface area contributed by atoms with Crippen LogP contribution < -0.4 is 5.73 Å². The SMILES string of the molecule is CCOC(OCC)P(=O)(CCCc1ccc(Cl)c(N)c1)OCC. The van der Waals surface area contributed by atoms with Crippen LogP contribution in [-0.2, 0) is 25.0 Å². The Balaban J connectivity index is 2.70. The van der Waals surface area contributed by atoms with Crippen LogP contribution in [0.25, 0.3) is 0 Å². The number of nitrogens with two attached hydrogens (primary N) is 1. The third kappa shape index (κ3) is 6.44. The highest BCUT2D eigenvalue weighted by molar-refractivity contribution is 7.59. The van der Waals surface area contributed by atoms with E-state index in [1.54, 1.807) is 6.07 Å². The lowest BCUT2D eigenvalue weighted by Gasteiger charge is -2.26. The van der Waals surface area contributed by atoms with Gasteiger partial charge in [0.15, 0.2) is 0 Å². The van der Waals surface area contributed by atoms with Crippen LogP contribution in [0.1, 0.15) is 32.8 Å². The summed E-state index contributed by atoms with van der Waals surface area (Å²) in [4.78, 5) is 0. The second-order valence-corrected chi connectivity index (χ2v) is 8.03. The zero-order valence-corrected chi connectivity index (χ0v) is 15.7. The molecule has 1 aromatic carbocycles. The molecule has 0 aliphatic rings. The number of halogens is 1. The Bertz CT molecular complexity index is 521. The van der Waals surface area contributed by atoms with Gasteiger partial charge < -0.3 is 19.7 Å². The van der Waals surface area contributed by atoms with Crippen molar-refractivity contribution in [1.29, 1.82) is 0 Å². The Labute approximate surface area is 143 Å². The first-order chi connectivity index (χ1) is 11.0. The Morgan fingerprint density at radius 2 is 1.83 bits per heavy atom. The van der Waals surface area contributed by atoms with Crippen LogP contribution in [0.2, 0.25) is 5.02 Å². The van der Waals surface area contributed by atoms with Crippen molar-refractivity contribution in [2.45, 2.75) is 39.6 Å². The average Bonchev–Trinajstić information content (AvgIpc) is 2.51. The lowest BCUT2D eigenvalue weighted by atomic mass is 10.1. The van der Waals surface area contributed by atoms with Crippen molar-refractivity contribution in [3.63, 3.8) is 0 Å². The highest BCUT2D eigenvalue weighted by atomic mass is 35.5. The summed E-state index contributed by atoms with van der Waals surface area (Å²) in [5, 5.41) is 0.543. The van der Waals surface area contributed by atoms with E-state index in [4.69, 9.17) is 31.3 Å². The average molecular weight is 364 g/mol. The maximum absolute atomic E-state index is 13.1. The molecule has 23 heavy (non-hydrogen) atoms. The molecule has 5 nitrogen and oxygen atoms in total. The number of ether oxygens (including phenoxy) is 2. The normalized spacial score (nSPS) is 14.1. The molecule has 1 atom stereocenters. The molecule has 0 amide bonds. The standard InChI is InChI=1S/C16H27ClNO4P/c1-4-20-16(21-5-2)23(19,22-6-3)11-7-8-13-9-10-14(17)15(18)12-13/h9-10,12,16H,4-8,11,18H2,1-3H3. The van der Waals surface area contributed by atoms with Gasteiger partial charge in [0.25, 0.3) is 7.37 Å². The molecule has 1 unspecified atom stereocenters. The molecule has 0 aromatic heterocycles. The molecule has 132 valence electrons. The molecule has 0 spiro atoms. The van der Waals surface area contributed by atoms with Crippen molar-refractivity contribution in [3.8, 4) is 0 Å². The van der Waals surface area contributed by atoms with Gasteiger partial charge in [-0.3, -0.25) is 4.57 Å². The van der Waals surface area contributed by atoms with Crippen molar-refractivity contribution in [2.75, 3.05) is 31.7 Å². The fourth-order valence-electron chi connectivity index (χ4n) is 2.26. The third-order valence-electron chi connectivity index (χ3n) is 3.28. The van der Waals surface area contributed by atoms with E-state index >= 15 is 0 Å². The van der Waals surface area contributed by atoms with Gasteiger partial charge in [0.2, 0.25) is 6.03 Å². The van der Waals surface area contributed by atoms with E-state index in [-0.39, 0.29) is 0 Å². The highest BCUT2D eigenvalue weighted by Gasteiger charge is 2.35. The van der Waals surface area contributed by atoms with Gasteiger partial charge in [0, 0.05) is 19.4 Å². The topological polar surface area (TPSA) is 70.8 Å². The maximum atomic E-state index is 13.1. The van der Waals surface area contributed by atoms with E-state index in [2.05, 4.69) is 0 Å². The quantitative estimate of drug-likeness (QED) is 0.355. The van der Waals surface area contributed by atoms with Crippen molar-refractivity contribution in [3.05, 3.63) is 28.8 Å². The van der Waals surface area contributed by atoms with Crippen LogP contribution in [0.4, 0.5) is 5.69 Å². The molecule has 0 heterocycles. The van der Waals surface area contributed by atoms with E-state index in [1.165, 1.54) is 0 Å². The van der Waals surface area contributed by atoms with E-state index in [1.807, 2.05) is 32.9 Å². The minimum atomic E-state index is -3.02. The summed E-state index contributed by atoms with van der Waals surface area (Å²) in [7, 11) is -3.02. The largest absolute Gasteiger partial charge is 0.398 e. The minimum absolute atomic E-state index is 0.363. The number of hydrogen-bond acceptors (Lipinski definition) is 5. The smallest absolute Gasteiger partial charge is 0.257 e. The summed E-state index contributed by atoms with van der Waals surface area (Å²) >= 11 is 5.92. The summed E-state index contributed by atoms with van der Waals surface area (Å²) in [6, 6.07) is 4.74. The number of benzene rings is 1. The van der Waals surface area contributed by atoms with Crippen molar-refractivity contribution in [1.82, 2.24) is 0 Å². The molecule has 0 saturated heterocycles. The maximum Gasteiger partial charge on any atom is 0.257 e. The first kappa shape index (κ1) is 20.5. The molecular formula is C16H27ClNO4P. The van der Waals surface area contributed by atoms with Crippen molar-refractivity contribution >= 4 is 24.7 Å². The van der Waals surface area contributed by atoms with Crippen molar-refractivity contribution in [2.24, 2.45) is 0 Å². The van der Waals surface area contributed by atoms with E-state index in [9.17, 15) is 4.57 Å². The second kappa shape index (κ2) is 10.3. The second-order valence-electron chi connectivity index (χ2n) is 5.04. The Hall–Kier alpha value is -0.580. The van der Waals surface area contributed by atoms with Crippen LogP contribution >= 0.6 is 19.0 Å². The monoisotopic (exact) mass is 363 g/mol. The van der Waals surface area contributed by atoms with Crippen LogP contribution in [0.5, 0.6) is 0 Å². The van der Waals surface area contributed by atoms with Gasteiger partial charge in [-0.25, -0.2) is 0 Å². The molecule has 0 saturated carbocycles. The zero-order valence-electron chi connectivity index (χ0n) is 14.1. The predicted molar refractivity (Wildman–Crippen MR) is 95.3 cm³/mol. The van der Waals surface area contributed by atoms with Gasteiger partial charge in [0.1, 0.15) is 0 Å². The minimum Gasteiger partial charge on any atom is -0.398 e. The molecule has 1 aromatic rings. The summed E-state index contributed by atoms with van der Waals surface area (Å²) in [5.41, 5.74) is 7.41. The van der Waals surface area contributed by atoms with Gasteiger partial charge in [-0.1, -0.05) is 17.7 Å². The molecule has 0 bridgehead atoms. The van der Waals surface area contributed by atoms with Crippen LogP contribution in [0.15, 0.2) is 18.2 Å². The van der Waals surface area contributed by atoms with Crippen molar-refractivity contribution < 1.29 is 18.6 Å². The summed E-state index contributed by atoms with van der Waals surface area (Å²) in [6.07, 6.45) is 1.83. The number of nitrogen functional groups attached to an aromatic ring is 1. The van der Waals surface area contributed by atoms with Gasteiger partial charge in [-0.2, -0.15) is 0 Å². The summed E-state index contributed by atoms with van der Waals surface area (Å²) in [6.45, 7) is 6.73.